The Labute approximate surface area is 126 Å². The first-order chi connectivity index (χ1) is 10.2. The van der Waals surface area contributed by atoms with Gasteiger partial charge < -0.3 is 4.74 Å². The van der Waals surface area contributed by atoms with Crippen LogP contribution in [0.4, 0.5) is 0 Å². The molecule has 0 saturated heterocycles. The normalized spacial score (nSPS) is 15.7. The van der Waals surface area contributed by atoms with Gasteiger partial charge in [0.05, 0.1) is 19.2 Å². The Morgan fingerprint density at radius 1 is 1.38 bits per heavy atom. The van der Waals surface area contributed by atoms with Gasteiger partial charge in [-0.25, -0.2) is 0 Å². The number of carbonyl (C=O) groups excluding carboxylic acids is 1. The molecule has 1 aliphatic carbocycles. The fraction of sp³-hybridized carbons (Fsp3) is 0.429. The molecule has 0 bridgehead atoms. The number of hydrogen-bond donors (Lipinski definition) is 0. The third kappa shape index (κ3) is 3.24. The van der Waals surface area contributed by atoms with E-state index >= 15 is 0 Å². The first kappa shape index (κ1) is 14.1. The van der Waals surface area contributed by atoms with Gasteiger partial charge in [0.2, 0.25) is 5.16 Å². The molecule has 0 N–H and O–H groups in total. The molecule has 6 nitrogen and oxygen atoms in total. The Kier molecular flexibility index (Phi) is 3.92. The van der Waals surface area contributed by atoms with Crippen LogP contribution in [-0.2, 0) is 9.53 Å². The number of tetrazole rings is 1. The van der Waals surface area contributed by atoms with E-state index < -0.39 is 0 Å². The van der Waals surface area contributed by atoms with Crippen LogP contribution in [0.15, 0.2) is 35.5 Å². The lowest BCUT2D eigenvalue weighted by Gasteiger charge is -2.12. The lowest BCUT2D eigenvalue weighted by atomic mass is 10.1. The van der Waals surface area contributed by atoms with Crippen molar-refractivity contribution in [2.75, 3.05) is 12.9 Å². The highest BCUT2D eigenvalue weighted by Crippen LogP contribution is 2.52. The van der Waals surface area contributed by atoms with E-state index in [1.165, 1.54) is 7.11 Å². The van der Waals surface area contributed by atoms with Crippen LogP contribution >= 0.6 is 11.8 Å². The maximum atomic E-state index is 11.4. The van der Waals surface area contributed by atoms with Gasteiger partial charge in [-0.1, -0.05) is 30.0 Å². The molecule has 0 radical (unpaired) electrons. The number of rotatable bonds is 6. The van der Waals surface area contributed by atoms with E-state index in [0.717, 1.165) is 29.4 Å². The molecule has 0 atom stereocenters. The summed E-state index contributed by atoms with van der Waals surface area (Å²) in [6.45, 7) is 0. The summed E-state index contributed by atoms with van der Waals surface area (Å²) < 4.78 is 6.48. The summed E-state index contributed by atoms with van der Waals surface area (Å²) >= 11 is 1.59. The van der Waals surface area contributed by atoms with Crippen molar-refractivity contribution >= 4 is 17.7 Å². The molecule has 0 aliphatic heterocycles. The molecular formula is C14H16N4O2S. The molecular weight excluding hydrogens is 288 g/mol. The summed E-state index contributed by atoms with van der Waals surface area (Å²) in [6, 6.07) is 9.77. The Morgan fingerprint density at radius 2 is 2.14 bits per heavy atom. The van der Waals surface area contributed by atoms with Crippen LogP contribution in [0.5, 0.6) is 0 Å². The smallest absolute Gasteiger partial charge is 0.306 e. The molecule has 1 aromatic heterocycles. The molecule has 1 fully saturated rings. The molecule has 2 aromatic rings. The number of hydrogen-bond acceptors (Lipinski definition) is 6. The van der Waals surface area contributed by atoms with Gasteiger partial charge in [0.25, 0.3) is 0 Å². The zero-order valence-electron chi connectivity index (χ0n) is 11.7. The van der Waals surface area contributed by atoms with Gasteiger partial charge >= 0.3 is 5.97 Å². The topological polar surface area (TPSA) is 69.9 Å². The molecule has 1 aromatic carbocycles. The maximum Gasteiger partial charge on any atom is 0.306 e. The minimum Gasteiger partial charge on any atom is -0.469 e. The van der Waals surface area contributed by atoms with Crippen LogP contribution < -0.4 is 0 Å². The second-order valence-electron chi connectivity index (χ2n) is 5.25. The average molecular weight is 304 g/mol. The van der Waals surface area contributed by atoms with Crippen LogP contribution in [0, 0.1) is 5.41 Å². The number of thioether (sulfide) groups is 1. The zero-order valence-corrected chi connectivity index (χ0v) is 12.5. The molecule has 0 unspecified atom stereocenters. The lowest BCUT2D eigenvalue weighted by molar-refractivity contribution is -0.141. The Morgan fingerprint density at radius 3 is 2.81 bits per heavy atom. The van der Waals surface area contributed by atoms with Crippen molar-refractivity contribution in [1.82, 2.24) is 20.2 Å². The maximum absolute atomic E-state index is 11.4. The van der Waals surface area contributed by atoms with Crippen LogP contribution in [0.1, 0.15) is 19.3 Å². The summed E-state index contributed by atoms with van der Waals surface area (Å²) in [5.41, 5.74) is 0.994. The van der Waals surface area contributed by atoms with E-state index in [0.29, 0.717) is 6.42 Å². The highest BCUT2D eigenvalue weighted by molar-refractivity contribution is 7.99. The number of ether oxygens (including phenoxy) is 1. The van der Waals surface area contributed by atoms with E-state index in [2.05, 4.69) is 15.5 Å². The molecule has 110 valence electrons. The summed E-state index contributed by atoms with van der Waals surface area (Å²) in [5, 5.41) is 12.6. The van der Waals surface area contributed by atoms with Crippen molar-refractivity contribution in [3.05, 3.63) is 30.3 Å². The summed E-state index contributed by atoms with van der Waals surface area (Å²) in [5.74, 6) is 0.686. The Hall–Kier alpha value is -1.89. The zero-order chi connectivity index (χ0) is 14.7. The average Bonchev–Trinajstić information content (AvgIpc) is 3.12. The predicted octanol–water partition coefficient (Wildman–Crippen LogP) is 2.10. The summed E-state index contributed by atoms with van der Waals surface area (Å²) in [6.07, 6.45) is 2.59. The second kappa shape index (κ2) is 5.85. The van der Waals surface area contributed by atoms with Gasteiger partial charge in [0.1, 0.15) is 0 Å². The quantitative estimate of drug-likeness (QED) is 0.601. The number of esters is 1. The highest BCUT2D eigenvalue weighted by Gasteiger charge is 2.44. The van der Waals surface area contributed by atoms with E-state index in [1.807, 2.05) is 30.3 Å². The van der Waals surface area contributed by atoms with Crippen LogP contribution in [0.3, 0.4) is 0 Å². The molecule has 3 rings (SSSR count). The Bertz CT molecular complexity index is 625. The standard InChI is InChI=1S/C14H16N4O2S/c1-20-12(19)9-14(7-8-14)10-21-13-15-16-17-18(13)11-5-3-2-4-6-11/h2-6H,7-10H2,1H3. The Balaban J connectivity index is 1.67. The third-order valence-electron chi connectivity index (χ3n) is 3.65. The fourth-order valence-corrected chi connectivity index (χ4v) is 3.33. The highest BCUT2D eigenvalue weighted by atomic mass is 32.2. The predicted molar refractivity (Wildman–Crippen MR) is 78.2 cm³/mol. The lowest BCUT2D eigenvalue weighted by Crippen LogP contribution is -2.13. The molecule has 1 aliphatic rings. The van der Waals surface area contributed by atoms with E-state index in [9.17, 15) is 4.79 Å². The van der Waals surface area contributed by atoms with Crippen LogP contribution in [0.2, 0.25) is 0 Å². The minimum atomic E-state index is -0.143. The summed E-state index contributed by atoms with van der Waals surface area (Å²) in [4.78, 5) is 11.4. The van der Waals surface area contributed by atoms with Crippen LogP contribution in [-0.4, -0.2) is 39.0 Å². The third-order valence-corrected chi connectivity index (χ3v) is 4.92. The van der Waals surface area contributed by atoms with E-state index in [1.54, 1.807) is 16.4 Å². The van der Waals surface area contributed by atoms with Gasteiger partial charge in [-0.05, 0) is 40.8 Å². The van der Waals surface area contributed by atoms with Gasteiger partial charge in [-0.3, -0.25) is 4.79 Å². The largest absolute Gasteiger partial charge is 0.469 e. The van der Waals surface area contributed by atoms with E-state index in [4.69, 9.17) is 4.74 Å². The SMILES string of the molecule is COC(=O)CC1(CSc2nnnn2-c2ccccc2)CC1. The number of benzene rings is 1. The molecule has 7 heteroatoms. The minimum absolute atomic E-state index is 0.0607. The molecule has 0 spiro atoms. The number of methoxy groups -OCH3 is 1. The van der Waals surface area contributed by atoms with E-state index in [-0.39, 0.29) is 11.4 Å². The summed E-state index contributed by atoms with van der Waals surface area (Å²) in [7, 11) is 1.43. The fourth-order valence-electron chi connectivity index (χ4n) is 2.15. The molecule has 1 saturated carbocycles. The molecule has 1 heterocycles. The first-order valence-electron chi connectivity index (χ1n) is 6.76. The number of aromatic nitrogens is 4. The molecule has 21 heavy (non-hydrogen) atoms. The number of nitrogens with zero attached hydrogens (tertiary/aromatic N) is 4. The number of carbonyl (C=O) groups is 1. The van der Waals surface area contributed by atoms with Crippen molar-refractivity contribution in [3.8, 4) is 5.69 Å². The van der Waals surface area contributed by atoms with Gasteiger partial charge in [0.15, 0.2) is 0 Å². The monoisotopic (exact) mass is 304 g/mol. The van der Waals surface area contributed by atoms with Crippen molar-refractivity contribution < 1.29 is 9.53 Å². The van der Waals surface area contributed by atoms with Crippen molar-refractivity contribution in [1.29, 1.82) is 0 Å². The molecule has 0 amide bonds. The van der Waals surface area contributed by atoms with Gasteiger partial charge in [0, 0.05) is 5.75 Å². The van der Waals surface area contributed by atoms with Gasteiger partial charge in [-0.15, -0.1) is 5.10 Å². The first-order valence-corrected chi connectivity index (χ1v) is 7.74. The van der Waals surface area contributed by atoms with Crippen molar-refractivity contribution in [3.63, 3.8) is 0 Å². The number of para-hydroxylation sites is 1. The van der Waals surface area contributed by atoms with Crippen molar-refractivity contribution in [2.24, 2.45) is 5.41 Å². The van der Waals surface area contributed by atoms with Crippen LogP contribution in [0.25, 0.3) is 5.69 Å². The van der Waals surface area contributed by atoms with Gasteiger partial charge in [-0.2, -0.15) is 4.68 Å². The van der Waals surface area contributed by atoms with Crippen molar-refractivity contribution in [2.45, 2.75) is 24.4 Å². The second-order valence-corrected chi connectivity index (χ2v) is 6.19.